The molecule has 114 valence electrons. The van der Waals surface area contributed by atoms with Crippen molar-refractivity contribution in [1.29, 1.82) is 0 Å². The number of anilines is 1. The number of ketones is 1. The van der Waals surface area contributed by atoms with E-state index in [1.165, 1.54) is 0 Å². The second kappa shape index (κ2) is 5.32. The minimum atomic E-state index is 0.0843. The summed E-state index contributed by atoms with van der Waals surface area (Å²) in [5.41, 5.74) is 3.71. The minimum Gasteiger partial charge on any atom is -0.497 e. The van der Waals surface area contributed by atoms with Crippen molar-refractivity contribution < 1.29 is 9.53 Å². The minimum absolute atomic E-state index is 0.0843. The zero-order valence-electron chi connectivity index (χ0n) is 12.7. The van der Waals surface area contributed by atoms with Crippen molar-refractivity contribution in [3.05, 3.63) is 77.0 Å². The fourth-order valence-corrected chi connectivity index (χ4v) is 4.23. The smallest absolute Gasteiger partial charge is 0.192 e. The van der Waals surface area contributed by atoms with E-state index in [2.05, 4.69) is 12.6 Å². The molecule has 3 nitrogen and oxygen atoms in total. The van der Waals surface area contributed by atoms with Crippen LogP contribution in [0.15, 0.2) is 70.7 Å². The van der Waals surface area contributed by atoms with Gasteiger partial charge in [0.15, 0.2) is 5.78 Å². The number of thioether (sulfide) groups is 1. The molecule has 23 heavy (non-hydrogen) atoms. The van der Waals surface area contributed by atoms with Crippen molar-refractivity contribution in [2.45, 2.75) is 11.3 Å². The summed E-state index contributed by atoms with van der Waals surface area (Å²) in [6.45, 7) is 3.91. The fourth-order valence-electron chi connectivity index (χ4n) is 3.05. The third kappa shape index (κ3) is 2.10. The molecule has 1 aliphatic carbocycles. The number of Topliss-reactive ketones (excluding diaryl/α,β-unsaturated/α-hetero) is 1. The Balaban J connectivity index is 1.81. The third-order valence-electron chi connectivity index (χ3n) is 4.19. The summed E-state index contributed by atoms with van der Waals surface area (Å²) in [7, 11) is 1.61. The maximum absolute atomic E-state index is 12.9. The summed E-state index contributed by atoms with van der Waals surface area (Å²) < 4.78 is 5.24. The van der Waals surface area contributed by atoms with Gasteiger partial charge in [-0.05, 0) is 29.8 Å². The number of benzene rings is 2. The molecule has 0 amide bonds. The molecule has 1 aliphatic heterocycles. The second-order valence-corrected chi connectivity index (χ2v) is 6.47. The van der Waals surface area contributed by atoms with Gasteiger partial charge in [0.25, 0.3) is 0 Å². The lowest BCUT2D eigenvalue weighted by Crippen LogP contribution is -2.12. The second-order valence-electron chi connectivity index (χ2n) is 5.44. The first kappa shape index (κ1) is 14.2. The molecule has 2 aromatic carbocycles. The molecule has 0 radical (unpaired) electrons. The number of carbonyl (C=O) groups excluding carboxylic acids is 1. The van der Waals surface area contributed by atoms with Gasteiger partial charge in [-0.3, -0.25) is 4.79 Å². The van der Waals surface area contributed by atoms with Gasteiger partial charge in [-0.1, -0.05) is 36.5 Å². The first-order valence-electron chi connectivity index (χ1n) is 7.36. The molecule has 4 rings (SSSR count). The lowest BCUT2D eigenvalue weighted by Gasteiger charge is -2.16. The Morgan fingerprint density at radius 1 is 1.26 bits per heavy atom. The first-order chi connectivity index (χ1) is 11.2. The first-order valence-corrected chi connectivity index (χ1v) is 8.18. The number of hydrogen-bond acceptors (Lipinski definition) is 4. The van der Waals surface area contributed by atoms with Gasteiger partial charge in [-0.15, -0.1) is 0 Å². The van der Waals surface area contributed by atoms with E-state index in [1.807, 2.05) is 41.3 Å². The number of rotatable bonds is 2. The van der Waals surface area contributed by atoms with Crippen molar-refractivity contribution in [3.63, 3.8) is 0 Å². The number of hydrogen-bond donors (Lipinski definition) is 0. The highest BCUT2D eigenvalue weighted by molar-refractivity contribution is 8.03. The summed E-state index contributed by atoms with van der Waals surface area (Å²) in [5.74, 6) is 0.798. The van der Waals surface area contributed by atoms with Gasteiger partial charge in [0.05, 0.1) is 17.8 Å². The van der Waals surface area contributed by atoms with Crippen LogP contribution in [-0.2, 0) is 6.42 Å². The van der Waals surface area contributed by atoms with Gasteiger partial charge in [0, 0.05) is 28.7 Å². The average molecular weight is 321 g/mol. The summed E-state index contributed by atoms with van der Waals surface area (Å²) in [5, 5.41) is 0.960. The highest BCUT2D eigenvalue weighted by Gasteiger charge is 2.33. The van der Waals surface area contributed by atoms with Gasteiger partial charge >= 0.3 is 0 Å². The predicted octanol–water partition coefficient (Wildman–Crippen LogP) is 4.40. The summed E-state index contributed by atoms with van der Waals surface area (Å²) >= 11 is 1.63. The van der Waals surface area contributed by atoms with Crippen LogP contribution in [0, 0.1) is 0 Å². The zero-order valence-corrected chi connectivity index (χ0v) is 13.5. The Morgan fingerprint density at radius 3 is 2.87 bits per heavy atom. The van der Waals surface area contributed by atoms with Crippen LogP contribution in [0.1, 0.15) is 15.9 Å². The summed E-state index contributed by atoms with van der Waals surface area (Å²) in [6, 6.07) is 13.8. The topological polar surface area (TPSA) is 29.5 Å². The molecule has 0 N–H and O–H groups in total. The lowest BCUT2D eigenvalue weighted by atomic mass is 10.1. The van der Waals surface area contributed by atoms with E-state index >= 15 is 0 Å². The molecule has 2 aromatic rings. The van der Waals surface area contributed by atoms with Crippen LogP contribution in [-0.4, -0.2) is 12.9 Å². The molecule has 0 unspecified atom stereocenters. The van der Waals surface area contributed by atoms with E-state index in [0.29, 0.717) is 12.2 Å². The molecule has 0 spiro atoms. The van der Waals surface area contributed by atoms with Crippen molar-refractivity contribution in [3.8, 4) is 5.75 Å². The number of carbonyl (C=O) groups is 1. The molecular formula is C19H15NO2S. The molecule has 0 aromatic heterocycles. The van der Waals surface area contributed by atoms with Crippen molar-refractivity contribution in [2.75, 3.05) is 12.0 Å². The average Bonchev–Trinajstić information content (AvgIpc) is 3.12. The molecule has 2 aliphatic rings. The fraction of sp³-hybridized carbons (Fsp3) is 0.105. The number of fused-ring (bicyclic) bond motifs is 2. The largest absolute Gasteiger partial charge is 0.497 e. The van der Waals surface area contributed by atoms with Crippen molar-refractivity contribution in [1.82, 2.24) is 0 Å². The Hall–Kier alpha value is -2.46. The zero-order chi connectivity index (χ0) is 16.0. The predicted molar refractivity (Wildman–Crippen MR) is 93.0 cm³/mol. The van der Waals surface area contributed by atoms with E-state index < -0.39 is 0 Å². The van der Waals surface area contributed by atoms with Gasteiger partial charge in [-0.2, -0.15) is 0 Å². The molecule has 0 saturated carbocycles. The van der Waals surface area contributed by atoms with Gasteiger partial charge < -0.3 is 9.64 Å². The monoisotopic (exact) mass is 321 g/mol. The summed E-state index contributed by atoms with van der Waals surface area (Å²) in [4.78, 5) is 16.0. The quantitative estimate of drug-likeness (QED) is 0.767. The highest BCUT2D eigenvalue weighted by Crippen LogP contribution is 2.49. The molecule has 0 saturated heterocycles. The van der Waals surface area contributed by atoms with Gasteiger partial charge in [0.2, 0.25) is 0 Å². The number of methoxy groups -OCH3 is 1. The molecule has 0 fully saturated rings. The maximum atomic E-state index is 12.9. The standard InChI is InChI=1S/C19H15NO2S/c1-3-20-16-6-4-5-7-17(16)23-19(20)15-10-12-8-9-13(22-2)11-14(12)18(15)21/h3-9,11H,1,10H2,2H3/b19-15-. The summed E-state index contributed by atoms with van der Waals surface area (Å²) in [6.07, 6.45) is 2.43. The SMILES string of the molecule is C=CN1/C(=C2\Cc3ccc(OC)cc3C2=O)Sc2ccccc21. The molecule has 1 heterocycles. The number of ether oxygens (including phenoxy) is 1. The van der Waals surface area contributed by atoms with E-state index in [0.717, 1.165) is 32.3 Å². The Morgan fingerprint density at radius 2 is 2.09 bits per heavy atom. The Bertz CT molecular complexity index is 869. The number of allylic oxidation sites excluding steroid dienone is 1. The van der Waals surface area contributed by atoms with E-state index in [9.17, 15) is 4.79 Å². The van der Waals surface area contributed by atoms with Crippen LogP contribution >= 0.6 is 11.8 Å². The van der Waals surface area contributed by atoms with Crippen LogP contribution < -0.4 is 9.64 Å². The van der Waals surface area contributed by atoms with E-state index in [4.69, 9.17) is 4.74 Å². The van der Waals surface area contributed by atoms with Crippen LogP contribution in [0.3, 0.4) is 0 Å². The molecule has 0 atom stereocenters. The Kier molecular flexibility index (Phi) is 3.27. The van der Waals surface area contributed by atoms with E-state index in [1.54, 1.807) is 25.1 Å². The van der Waals surface area contributed by atoms with Crippen LogP contribution in [0.5, 0.6) is 5.75 Å². The van der Waals surface area contributed by atoms with Gasteiger partial charge in [0.1, 0.15) is 5.75 Å². The molecular weight excluding hydrogens is 306 g/mol. The normalized spacial score (nSPS) is 18.8. The van der Waals surface area contributed by atoms with Crippen LogP contribution in [0.2, 0.25) is 0 Å². The number of para-hydroxylation sites is 1. The highest BCUT2D eigenvalue weighted by atomic mass is 32.2. The van der Waals surface area contributed by atoms with Gasteiger partial charge in [-0.25, -0.2) is 0 Å². The third-order valence-corrected chi connectivity index (χ3v) is 5.40. The van der Waals surface area contributed by atoms with E-state index in [-0.39, 0.29) is 5.78 Å². The Labute approximate surface area is 139 Å². The molecule has 0 bridgehead atoms. The van der Waals surface area contributed by atoms with Crippen LogP contribution in [0.25, 0.3) is 0 Å². The molecule has 4 heteroatoms. The van der Waals surface area contributed by atoms with Crippen molar-refractivity contribution >= 4 is 23.2 Å². The maximum Gasteiger partial charge on any atom is 0.192 e. The number of nitrogens with zero attached hydrogens (tertiary/aromatic N) is 1. The van der Waals surface area contributed by atoms with Crippen LogP contribution in [0.4, 0.5) is 5.69 Å². The lowest BCUT2D eigenvalue weighted by molar-refractivity contribution is 0.103. The van der Waals surface area contributed by atoms with Crippen molar-refractivity contribution in [2.24, 2.45) is 0 Å².